The molecule has 0 unspecified atom stereocenters. The summed E-state index contributed by atoms with van der Waals surface area (Å²) in [5.74, 6) is -0.273. The van der Waals surface area contributed by atoms with Crippen molar-refractivity contribution in [2.75, 3.05) is 25.4 Å². The van der Waals surface area contributed by atoms with Gasteiger partial charge in [0.2, 0.25) is 0 Å². The van der Waals surface area contributed by atoms with Crippen LogP contribution in [-0.4, -0.2) is 35.6 Å². The van der Waals surface area contributed by atoms with E-state index in [4.69, 9.17) is 34.0 Å². The van der Waals surface area contributed by atoms with Gasteiger partial charge in [0, 0.05) is 18.8 Å². The number of benzene rings is 1. The molecule has 0 fully saturated rings. The highest BCUT2D eigenvalue weighted by molar-refractivity contribution is 6.44. The highest BCUT2D eigenvalue weighted by atomic mass is 35.5. The number of rotatable bonds is 5. The first-order valence-electron chi connectivity index (χ1n) is 5.65. The van der Waals surface area contributed by atoms with Gasteiger partial charge in [0.15, 0.2) is 0 Å². The number of halogens is 2. The van der Waals surface area contributed by atoms with Crippen molar-refractivity contribution in [3.8, 4) is 0 Å². The number of hydrogen-bond acceptors (Lipinski definition) is 3. The summed E-state index contributed by atoms with van der Waals surface area (Å²) in [7, 11) is 0. The van der Waals surface area contributed by atoms with E-state index in [1.54, 1.807) is 0 Å². The molecule has 0 saturated heterocycles. The molecule has 1 aromatic carbocycles. The summed E-state index contributed by atoms with van der Waals surface area (Å²) < 4.78 is 0. The summed E-state index contributed by atoms with van der Waals surface area (Å²) in [6, 6.07) is 2.99. The Morgan fingerprint density at radius 3 is 2.61 bits per heavy atom. The minimum Gasteiger partial charge on any atom is -0.399 e. The van der Waals surface area contributed by atoms with Crippen molar-refractivity contribution in [1.82, 2.24) is 4.90 Å². The monoisotopic (exact) mass is 290 g/mol. The fourth-order valence-corrected chi connectivity index (χ4v) is 2.06. The highest BCUT2D eigenvalue weighted by Crippen LogP contribution is 2.29. The minimum absolute atomic E-state index is 0.0978. The maximum Gasteiger partial charge on any atom is 0.255 e. The van der Waals surface area contributed by atoms with Crippen LogP contribution in [0, 0.1) is 0 Å². The lowest BCUT2D eigenvalue weighted by Crippen LogP contribution is -2.34. The molecule has 0 aliphatic rings. The van der Waals surface area contributed by atoms with Gasteiger partial charge in [-0.3, -0.25) is 4.79 Å². The average molecular weight is 291 g/mol. The van der Waals surface area contributed by atoms with Gasteiger partial charge in [0.25, 0.3) is 5.91 Å². The van der Waals surface area contributed by atoms with E-state index in [0.29, 0.717) is 12.2 Å². The van der Waals surface area contributed by atoms with Crippen molar-refractivity contribution in [3.05, 3.63) is 27.7 Å². The second-order valence-corrected chi connectivity index (χ2v) is 4.67. The van der Waals surface area contributed by atoms with E-state index in [0.717, 1.165) is 6.42 Å². The molecule has 0 spiro atoms. The first kappa shape index (κ1) is 15.1. The molecule has 1 rings (SSSR count). The van der Waals surface area contributed by atoms with Gasteiger partial charge < -0.3 is 15.7 Å². The van der Waals surface area contributed by atoms with Gasteiger partial charge in [-0.25, -0.2) is 0 Å². The first-order valence-corrected chi connectivity index (χ1v) is 6.41. The van der Waals surface area contributed by atoms with Crippen molar-refractivity contribution in [2.45, 2.75) is 13.3 Å². The molecule has 100 valence electrons. The van der Waals surface area contributed by atoms with Gasteiger partial charge in [-0.2, -0.15) is 0 Å². The maximum absolute atomic E-state index is 12.3. The fraction of sp³-hybridized carbons (Fsp3) is 0.417. The third-order valence-corrected chi connectivity index (χ3v) is 3.23. The topological polar surface area (TPSA) is 66.6 Å². The third kappa shape index (κ3) is 3.51. The van der Waals surface area contributed by atoms with Gasteiger partial charge in [-0.05, 0) is 18.6 Å². The number of nitrogens with zero attached hydrogens (tertiary/aromatic N) is 1. The molecule has 0 radical (unpaired) electrons. The molecule has 0 bridgehead atoms. The largest absolute Gasteiger partial charge is 0.399 e. The first-order chi connectivity index (χ1) is 8.51. The van der Waals surface area contributed by atoms with E-state index < -0.39 is 0 Å². The predicted molar refractivity (Wildman–Crippen MR) is 74.2 cm³/mol. The van der Waals surface area contributed by atoms with Gasteiger partial charge in [0.05, 0.1) is 22.2 Å². The zero-order valence-electron chi connectivity index (χ0n) is 10.1. The number of aliphatic hydroxyl groups is 1. The van der Waals surface area contributed by atoms with E-state index in [-0.39, 0.29) is 34.7 Å². The Labute approximate surface area is 116 Å². The maximum atomic E-state index is 12.3. The number of carbonyl (C=O) groups is 1. The van der Waals surface area contributed by atoms with Crippen LogP contribution >= 0.6 is 23.2 Å². The van der Waals surface area contributed by atoms with Crippen LogP contribution in [0.15, 0.2) is 12.1 Å². The van der Waals surface area contributed by atoms with Crippen molar-refractivity contribution in [2.24, 2.45) is 0 Å². The summed E-state index contributed by atoms with van der Waals surface area (Å²) in [5.41, 5.74) is 6.30. The molecule has 0 atom stereocenters. The second-order valence-electron chi connectivity index (χ2n) is 3.88. The van der Waals surface area contributed by atoms with E-state index >= 15 is 0 Å². The molecular formula is C12H16Cl2N2O2. The molecule has 0 aliphatic heterocycles. The Kier molecular flexibility index (Phi) is 5.72. The van der Waals surface area contributed by atoms with Crippen LogP contribution in [0.3, 0.4) is 0 Å². The van der Waals surface area contributed by atoms with Crippen molar-refractivity contribution in [3.63, 3.8) is 0 Å². The van der Waals surface area contributed by atoms with Crippen molar-refractivity contribution >= 4 is 34.8 Å². The third-order valence-electron chi connectivity index (χ3n) is 2.43. The van der Waals surface area contributed by atoms with Crippen LogP contribution in [0.4, 0.5) is 5.69 Å². The number of aliphatic hydroxyl groups excluding tert-OH is 1. The normalized spacial score (nSPS) is 10.4. The summed E-state index contributed by atoms with van der Waals surface area (Å²) in [5, 5.41) is 9.40. The zero-order chi connectivity index (χ0) is 13.7. The SMILES string of the molecule is CCCN(CCO)C(=O)c1cc(N)cc(Cl)c1Cl. The Morgan fingerprint density at radius 2 is 2.06 bits per heavy atom. The van der Waals surface area contributed by atoms with Crippen LogP contribution in [0.2, 0.25) is 10.0 Å². The summed E-state index contributed by atoms with van der Waals surface area (Å²) in [4.78, 5) is 13.8. The lowest BCUT2D eigenvalue weighted by atomic mass is 10.1. The molecule has 1 aromatic rings. The van der Waals surface area contributed by atoms with E-state index in [1.807, 2.05) is 6.92 Å². The molecule has 18 heavy (non-hydrogen) atoms. The van der Waals surface area contributed by atoms with E-state index in [1.165, 1.54) is 17.0 Å². The Balaban J connectivity index is 3.07. The smallest absolute Gasteiger partial charge is 0.255 e. The van der Waals surface area contributed by atoms with E-state index in [2.05, 4.69) is 0 Å². The van der Waals surface area contributed by atoms with Gasteiger partial charge in [0.1, 0.15) is 0 Å². The van der Waals surface area contributed by atoms with Crippen LogP contribution in [-0.2, 0) is 0 Å². The minimum atomic E-state index is -0.273. The quantitative estimate of drug-likeness (QED) is 0.819. The molecule has 6 heteroatoms. The Morgan fingerprint density at radius 1 is 1.39 bits per heavy atom. The van der Waals surface area contributed by atoms with Crippen LogP contribution < -0.4 is 5.73 Å². The fourth-order valence-electron chi connectivity index (χ4n) is 1.64. The molecule has 1 amide bonds. The Hall–Kier alpha value is -0.970. The predicted octanol–water partition coefficient (Wildman–Crippen LogP) is 2.42. The average Bonchev–Trinajstić information content (AvgIpc) is 2.32. The van der Waals surface area contributed by atoms with Crippen molar-refractivity contribution < 1.29 is 9.90 Å². The van der Waals surface area contributed by atoms with Gasteiger partial charge in [-0.15, -0.1) is 0 Å². The lowest BCUT2D eigenvalue weighted by molar-refractivity contribution is 0.0722. The molecule has 3 N–H and O–H groups in total. The number of carbonyl (C=O) groups excluding carboxylic acids is 1. The lowest BCUT2D eigenvalue weighted by Gasteiger charge is -2.22. The molecule has 4 nitrogen and oxygen atoms in total. The van der Waals surface area contributed by atoms with Crippen LogP contribution in [0.25, 0.3) is 0 Å². The standard InChI is InChI=1S/C12H16Cl2N2O2/c1-2-3-16(4-5-17)12(18)9-6-8(15)7-10(13)11(9)14/h6-7,17H,2-5,15H2,1H3. The number of nitrogen functional groups attached to an aromatic ring is 1. The van der Waals surface area contributed by atoms with Crippen LogP contribution in [0.5, 0.6) is 0 Å². The molecule has 0 saturated carbocycles. The zero-order valence-corrected chi connectivity index (χ0v) is 11.6. The summed E-state index contributed by atoms with van der Waals surface area (Å²) in [6.45, 7) is 2.66. The molecule has 0 heterocycles. The number of amides is 1. The second kappa shape index (κ2) is 6.83. The van der Waals surface area contributed by atoms with E-state index in [9.17, 15) is 4.79 Å². The summed E-state index contributed by atoms with van der Waals surface area (Å²) in [6.07, 6.45) is 0.791. The van der Waals surface area contributed by atoms with Crippen molar-refractivity contribution in [1.29, 1.82) is 0 Å². The number of nitrogens with two attached hydrogens (primary N) is 1. The molecular weight excluding hydrogens is 275 g/mol. The van der Waals surface area contributed by atoms with Crippen LogP contribution in [0.1, 0.15) is 23.7 Å². The molecule has 0 aromatic heterocycles. The van der Waals surface area contributed by atoms with Gasteiger partial charge >= 0.3 is 0 Å². The highest BCUT2D eigenvalue weighted by Gasteiger charge is 2.19. The number of hydrogen-bond donors (Lipinski definition) is 2. The molecule has 0 aliphatic carbocycles. The summed E-state index contributed by atoms with van der Waals surface area (Å²) >= 11 is 11.9. The van der Waals surface area contributed by atoms with Gasteiger partial charge in [-0.1, -0.05) is 30.1 Å². The number of anilines is 1. The Bertz CT molecular complexity index is 432.